The zero-order valence-corrected chi connectivity index (χ0v) is 6.47. The second kappa shape index (κ2) is 2.51. The summed E-state index contributed by atoms with van der Waals surface area (Å²) in [5.74, 6) is 0. The molecular formula is C8H16N2. The lowest BCUT2D eigenvalue weighted by Gasteiger charge is -2.42. The molecule has 2 heterocycles. The number of likely N-dealkylation sites (tertiary alicyclic amines) is 2. The monoisotopic (exact) mass is 140 g/mol. The highest BCUT2D eigenvalue weighted by atomic mass is 15.3. The lowest BCUT2D eigenvalue weighted by Crippen LogP contribution is -3.18. The van der Waals surface area contributed by atoms with Gasteiger partial charge < -0.3 is 4.90 Å². The fourth-order valence-electron chi connectivity index (χ4n) is 1.97. The fraction of sp³-hybridized carbons (Fsp3) is 0.875. The molecule has 0 aromatic carbocycles. The van der Waals surface area contributed by atoms with Gasteiger partial charge in [-0.15, -0.1) is 0 Å². The van der Waals surface area contributed by atoms with Gasteiger partial charge in [-0.1, -0.05) is 0 Å². The van der Waals surface area contributed by atoms with E-state index in [4.69, 9.17) is 0 Å². The molecule has 0 unspecified atom stereocenters. The van der Waals surface area contributed by atoms with Gasteiger partial charge in [0.05, 0.1) is 13.1 Å². The molecule has 58 valence electrons. The Bertz CT molecular complexity index is 112. The number of hydrogen-bond donors (Lipinski definition) is 1. The smallest absolute Gasteiger partial charge is 0.104 e. The van der Waals surface area contributed by atoms with Crippen molar-refractivity contribution in [2.75, 3.05) is 26.2 Å². The normalized spacial score (nSPS) is 41.7. The third kappa shape index (κ3) is 1.06. The van der Waals surface area contributed by atoms with Crippen LogP contribution in [0.25, 0.3) is 0 Å². The van der Waals surface area contributed by atoms with Crippen LogP contribution in [0, 0.1) is 7.05 Å². The molecule has 2 fully saturated rings. The molecule has 0 saturated carbocycles. The molecule has 2 heteroatoms. The van der Waals surface area contributed by atoms with E-state index in [1.54, 1.807) is 0 Å². The van der Waals surface area contributed by atoms with E-state index in [1.807, 2.05) is 0 Å². The van der Waals surface area contributed by atoms with Crippen molar-refractivity contribution < 1.29 is 4.90 Å². The van der Waals surface area contributed by atoms with Crippen molar-refractivity contribution in [1.82, 2.24) is 4.90 Å². The minimum atomic E-state index is 0.884. The van der Waals surface area contributed by atoms with E-state index in [0.717, 1.165) is 6.04 Å². The van der Waals surface area contributed by atoms with Crippen LogP contribution in [-0.4, -0.2) is 37.1 Å². The molecule has 0 radical (unpaired) electrons. The van der Waals surface area contributed by atoms with Gasteiger partial charge in [-0.25, -0.2) is 0 Å². The molecule has 0 amide bonds. The first-order valence-electron chi connectivity index (χ1n) is 4.27. The summed E-state index contributed by atoms with van der Waals surface area (Å²) >= 11 is 0. The first-order chi connectivity index (χ1) is 4.86. The first kappa shape index (κ1) is 6.62. The van der Waals surface area contributed by atoms with Crippen LogP contribution in [0.4, 0.5) is 0 Å². The lowest BCUT2D eigenvalue weighted by molar-refractivity contribution is -0.902. The van der Waals surface area contributed by atoms with Crippen LogP contribution in [0.3, 0.4) is 0 Å². The van der Waals surface area contributed by atoms with Crippen LogP contribution in [0.5, 0.6) is 0 Å². The third-order valence-electron chi connectivity index (χ3n) is 2.71. The molecule has 0 aliphatic carbocycles. The van der Waals surface area contributed by atoms with Crippen molar-refractivity contribution in [3.8, 4) is 0 Å². The van der Waals surface area contributed by atoms with Gasteiger partial charge in [0.2, 0.25) is 0 Å². The van der Waals surface area contributed by atoms with Crippen LogP contribution < -0.4 is 4.90 Å². The first-order valence-corrected chi connectivity index (χ1v) is 4.27. The summed E-state index contributed by atoms with van der Waals surface area (Å²) in [5, 5.41) is 0. The molecule has 2 aliphatic heterocycles. The van der Waals surface area contributed by atoms with Crippen molar-refractivity contribution in [3.05, 3.63) is 7.05 Å². The van der Waals surface area contributed by atoms with Gasteiger partial charge in [-0.2, -0.15) is 7.05 Å². The number of nitrogens with one attached hydrogen (secondary N) is 1. The number of rotatable bonds is 1. The van der Waals surface area contributed by atoms with Gasteiger partial charge in [-0.05, 0) is 25.9 Å². The summed E-state index contributed by atoms with van der Waals surface area (Å²) in [6, 6.07) is 0.884. The van der Waals surface area contributed by atoms with E-state index in [0.29, 0.717) is 0 Å². The second-order valence-corrected chi connectivity index (χ2v) is 3.56. The summed E-state index contributed by atoms with van der Waals surface area (Å²) in [6.07, 6.45) is 2.84. The third-order valence-corrected chi connectivity index (χ3v) is 2.71. The Balaban J connectivity index is 1.78. The highest BCUT2D eigenvalue weighted by molar-refractivity contribution is 4.78. The maximum atomic E-state index is 3.96. The molecule has 2 nitrogen and oxygen atoms in total. The maximum Gasteiger partial charge on any atom is 0.104 e. The van der Waals surface area contributed by atoms with Crippen LogP contribution >= 0.6 is 0 Å². The quantitative estimate of drug-likeness (QED) is 0.466. The van der Waals surface area contributed by atoms with Crippen molar-refractivity contribution >= 4 is 0 Å². The predicted molar refractivity (Wildman–Crippen MR) is 40.6 cm³/mol. The molecule has 2 aliphatic rings. The molecule has 2 saturated heterocycles. The Hall–Kier alpha value is -0.0800. The summed E-state index contributed by atoms with van der Waals surface area (Å²) < 4.78 is 0. The zero-order valence-electron chi connectivity index (χ0n) is 6.47. The average Bonchev–Trinajstić information content (AvgIpc) is 2.31. The van der Waals surface area contributed by atoms with E-state index < -0.39 is 0 Å². The molecule has 0 bridgehead atoms. The Labute approximate surface area is 62.8 Å². The molecule has 2 rings (SSSR count). The van der Waals surface area contributed by atoms with E-state index in [1.165, 1.54) is 43.9 Å². The second-order valence-electron chi connectivity index (χ2n) is 3.56. The average molecular weight is 140 g/mol. The van der Waals surface area contributed by atoms with Crippen molar-refractivity contribution in [2.24, 2.45) is 0 Å². The zero-order chi connectivity index (χ0) is 6.97. The Kier molecular flexibility index (Phi) is 1.66. The number of hydrogen-bond acceptors (Lipinski definition) is 1. The van der Waals surface area contributed by atoms with Gasteiger partial charge in [0.25, 0.3) is 0 Å². The minimum absolute atomic E-state index is 0.884. The van der Waals surface area contributed by atoms with Crippen molar-refractivity contribution in [1.29, 1.82) is 0 Å². The van der Waals surface area contributed by atoms with E-state index in [-0.39, 0.29) is 0 Å². The summed E-state index contributed by atoms with van der Waals surface area (Å²) in [5.41, 5.74) is 0. The Morgan fingerprint density at radius 2 is 1.80 bits per heavy atom. The van der Waals surface area contributed by atoms with Gasteiger partial charge >= 0.3 is 0 Å². The summed E-state index contributed by atoms with van der Waals surface area (Å²) in [4.78, 5) is 4.08. The van der Waals surface area contributed by atoms with E-state index in [9.17, 15) is 0 Å². The SMILES string of the molecule is [CH2-][NH+]1CC(N2CCCC2)C1. The molecule has 0 atom stereocenters. The molecule has 1 N–H and O–H groups in total. The van der Waals surface area contributed by atoms with Crippen LogP contribution in [-0.2, 0) is 0 Å². The highest BCUT2D eigenvalue weighted by Gasteiger charge is 2.31. The van der Waals surface area contributed by atoms with Crippen LogP contribution in [0.1, 0.15) is 12.8 Å². The van der Waals surface area contributed by atoms with E-state index in [2.05, 4.69) is 11.9 Å². The Morgan fingerprint density at radius 1 is 1.20 bits per heavy atom. The van der Waals surface area contributed by atoms with Gasteiger partial charge in [0.1, 0.15) is 6.04 Å². The topological polar surface area (TPSA) is 7.68 Å². The predicted octanol–water partition coefficient (Wildman–Crippen LogP) is -0.859. The summed E-state index contributed by atoms with van der Waals surface area (Å²) in [7, 11) is 3.96. The largest absolute Gasteiger partial charge is 0.465 e. The molecule has 10 heavy (non-hydrogen) atoms. The lowest BCUT2D eigenvalue weighted by atomic mass is 10.1. The molecule has 0 spiro atoms. The minimum Gasteiger partial charge on any atom is -0.465 e. The van der Waals surface area contributed by atoms with Crippen LogP contribution in [0.2, 0.25) is 0 Å². The van der Waals surface area contributed by atoms with Crippen molar-refractivity contribution in [3.63, 3.8) is 0 Å². The standard InChI is InChI=1S/C8H16N2/c1-9-6-8(7-9)10-4-2-3-5-10/h8-9H,1-7H2. The summed E-state index contributed by atoms with van der Waals surface area (Å²) in [6.45, 7) is 5.25. The molecule has 0 aromatic heterocycles. The fourth-order valence-corrected chi connectivity index (χ4v) is 1.97. The Morgan fingerprint density at radius 3 is 2.30 bits per heavy atom. The van der Waals surface area contributed by atoms with Crippen molar-refractivity contribution in [2.45, 2.75) is 18.9 Å². The van der Waals surface area contributed by atoms with E-state index >= 15 is 0 Å². The van der Waals surface area contributed by atoms with Gasteiger partial charge in [0, 0.05) is 0 Å². The number of quaternary nitrogens is 1. The van der Waals surface area contributed by atoms with Crippen LogP contribution in [0.15, 0.2) is 0 Å². The van der Waals surface area contributed by atoms with Gasteiger partial charge in [-0.3, -0.25) is 4.90 Å². The highest BCUT2D eigenvalue weighted by Crippen LogP contribution is 2.11. The molecular weight excluding hydrogens is 124 g/mol. The molecule has 0 aromatic rings. The number of nitrogens with zero attached hydrogens (tertiary/aromatic N) is 1. The van der Waals surface area contributed by atoms with Gasteiger partial charge in [0.15, 0.2) is 0 Å². The maximum absolute atomic E-state index is 3.96.